The number of rotatable bonds is 4. The van der Waals surface area contributed by atoms with Gasteiger partial charge in [-0.05, 0) is 32.7 Å². The molecule has 2 saturated heterocycles. The molecule has 1 aromatic carbocycles. The topological polar surface area (TPSA) is 39.9 Å². The van der Waals surface area contributed by atoms with Crippen LogP contribution >= 0.6 is 11.3 Å². The zero-order valence-corrected chi connectivity index (χ0v) is 18.2. The second-order valence-electron chi connectivity index (χ2n) is 8.64. The molecule has 6 nitrogen and oxygen atoms in total. The standard InChI is InChI=1S/C22H30N6S/c1-17-3-5-19(6-4-17)20-16-28-21(23-20)29-22(24-28)27-9-7-18(8-10-27)15-26-13-11-25(2)12-14-26/h3-6,16,18H,7-15H2,1-2H3. The minimum absolute atomic E-state index is 0.826. The van der Waals surface area contributed by atoms with Crippen molar-refractivity contribution in [1.82, 2.24) is 24.4 Å². The van der Waals surface area contributed by atoms with E-state index in [0.29, 0.717) is 0 Å². The molecule has 2 aliphatic rings. The highest BCUT2D eigenvalue weighted by Crippen LogP contribution is 2.30. The maximum atomic E-state index is 4.83. The van der Waals surface area contributed by atoms with Gasteiger partial charge in [0.05, 0.1) is 11.9 Å². The van der Waals surface area contributed by atoms with E-state index >= 15 is 0 Å². The SMILES string of the molecule is Cc1ccc(-c2cn3nc(N4CCC(CN5CCN(C)CC5)CC4)sc3n2)cc1. The molecule has 0 radical (unpaired) electrons. The van der Waals surface area contributed by atoms with E-state index in [9.17, 15) is 0 Å². The number of fused-ring (bicyclic) bond motifs is 1. The maximum absolute atomic E-state index is 4.83. The Hall–Kier alpha value is -1.96. The first-order chi connectivity index (χ1) is 14.1. The van der Waals surface area contributed by atoms with Gasteiger partial charge in [0, 0.05) is 51.4 Å². The van der Waals surface area contributed by atoms with Crippen LogP contribution in [0.3, 0.4) is 0 Å². The fraction of sp³-hybridized carbons (Fsp3) is 0.545. The molecule has 3 aromatic rings. The van der Waals surface area contributed by atoms with Crippen LogP contribution in [0.15, 0.2) is 30.5 Å². The third-order valence-corrected chi connectivity index (χ3v) is 7.36. The predicted molar refractivity (Wildman–Crippen MR) is 120 cm³/mol. The first-order valence-electron chi connectivity index (χ1n) is 10.7. The molecule has 0 N–H and O–H groups in total. The highest BCUT2D eigenvalue weighted by molar-refractivity contribution is 7.20. The van der Waals surface area contributed by atoms with Gasteiger partial charge in [0.25, 0.3) is 0 Å². The van der Waals surface area contributed by atoms with E-state index in [-0.39, 0.29) is 0 Å². The highest BCUT2D eigenvalue weighted by atomic mass is 32.1. The third kappa shape index (κ3) is 4.17. The van der Waals surface area contributed by atoms with Crippen molar-refractivity contribution in [3.05, 3.63) is 36.0 Å². The molecule has 2 fully saturated rings. The fourth-order valence-corrected chi connectivity index (χ4v) is 5.32. The van der Waals surface area contributed by atoms with Crippen LogP contribution in [-0.2, 0) is 0 Å². The van der Waals surface area contributed by atoms with E-state index in [4.69, 9.17) is 10.1 Å². The Morgan fingerprint density at radius 2 is 1.72 bits per heavy atom. The van der Waals surface area contributed by atoms with Crippen molar-refractivity contribution in [1.29, 1.82) is 0 Å². The van der Waals surface area contributed by atoms with Crippen molar-refractivity contribution in [2.75, 3.05) is 57.8 Å². The van der Waals surface area contributed by atoms with Crippen LogP contribution in [0.4, 0.5) is 5.13 Å². The van der Waals surface area contributed by atoms with Crippen molar-refractivity contribution in [2.24, 2.45) is 5.92 Å². The Morgan fingerprint density at radius 3 is 2.41 bits per heavy atom. The summed E-state index contributed by atoms with van der Waals surface area (Å²) in [6, 6.07) is 8.53. The lowest BCUT2D eigenvalue weighted by molar-refractivity contribution is 0.129. The van der Waals surface area contributed by atoms with Gasteiger partial charge < -0.3 is 14.7 Å². The molecule has 0 atom stereocenters. The normalized spacial score (nSPS) is 20.0. The molecule has 0 spiro atoms. The second kappa shape index (κ2) is 8.05. The zero-order valence-electron chi connectivity index (χ0n) is 17.4. The van der Waals surface area contributed by atoms with E-state index in [1.54, 1.807) is 11.3 Å². The Kier molecular flexibility index (Phi) is 5.28. The molecule has 7 heteroatoms. The Labute approximate surface area is 176 Å². The molecular weight excluding hydrogens is 380 g/mol. The van der Waals surface area contributed by atoms with Gasteiger partial charge >= 0.3 is 0 Å². The van der Waals surface area contributed by atoms with E-state index in [1.807, 2.05) is 4.52 Å². The van der Waals surface area contributed by atoms with Gasteiger partial charge in [-0.15, -0.1) is 5.10 Å². The van der Waals surface area contributed by atoms with Crippen molar-refractivity contribution in [3.8, 4) is 11.3 Å². The van der Waals surface area contributed by atoms with Crippen LogP contribution in [0.25, 0.3) is 16.2 Å². The number of piperidine rings is 1. The van der Waals surface area contributed by atoms with E-state index in [1.165, 1.54) is 51.1 Å². The first kappa shape index (κ1) is 19.0. The number of benzene rings is 1. The average molecular weight is 411 g/mol. The number of nitrogens with zero attached hydrogens (tertiary/aromatic N) is 6. The summed E-state index contributed by atoms with van der Waals surface area (Å²) in [6.45, 7) is 10.5. The zero-order chi connectivity index (χ0) is 19.8. The molecule has 29 heavy (non-hydrogen) atoms. The Bertz CT molecular complexity index is 914. The smallest absolute Gasteiger partial charge is 0.214 e. The van der Waals surface area contributed by atoms with E-state index in [2.05, 4.69) is 59.1 Å². The molecule has 154 valence electrons. The molecule has 2 aromatic heterocycles. The predicted octanol–water partition coefficient (Wildman–Crippen LogP) is 3.23. The van der Waals surface area contributed by atoms with Gasteiger partial charge in [-0.2, -0.15) is 0 Å². The van der Waals surface area contributed by atoms with Gasteiger partial charge in [-0.3, -0.25) is 0 Å². The fourth-order valence-electron chi connectivity index (χ4n) is 4.38. The molecule has 0 unspecified atom stereocenters. The Balaban J connectivity index is 1.20. The van der Waals surface area contributed by atoms with Crippen LogP contribution in [0.5, 0.6) is 0 Å². The van der Waals surface area contributed by atoms with Crippen LogP contribution < -0.4 is 4.90 Å². The molecule has 0 aliphatic carbocycles. The summed E-state index contributed by atoms with van der Waals surface area (Å²) in [7, 11) is 2.23. The molecule has 0 saturated carbocycles. The molecule has 0 amide bonds. The lowest BCUT2D eigenvalue weighted by Gasteiger charge is -2.37. The van der Waals surface area contributed by atoms with Gasteiger partial charge in [0.2, 0.25) is 10.1 Å². The van der Waals surface area contributed by atoms with Crippen molar-refractivity contribution >= 4 is 21.4 Å². The van der Waals surface area contributed by atoms with E-state index in [0.717, 1.165) is 40.4 Å². The second-order valence-corrected chi connectivity index (χ2v) is 9.57. The molecule has 0 bridgehead atoms. The Morgan fingerprint density at radius 1 is 1.00 bits per heavy atom. The summed E-state index contributed by atoms with van der Waals surface area (Å²) in [5, 5.41) is 5.94. The summed E-state index contributed by atoms with van der Waals surface area (Å²) in [5.74, 6) is 0.826. The number of likely N-dealkylation sites (N-methyl/N-ethyl adjacent to an activating group) is 1. The number of imidazole rings is 1. The third-order valence-electron chi connectivity index (χ3n) is 6.38. The number of aryl methyl sites for hydroxylation is 1. The van der Waals surface area contributed by atoms with Gasteiger partial charge in [-0.1, -0.05) is 41.2 Å². The largest absolute Gasteiger partial charge is 0.347 e. The molecule has 5 rings (SSSR count). The van der Waals surface area contributed by atoms with Crippen molar-refractivity contribution < 1.29 is 0 Å². The van der Waals surface area contributed by atoms with Crippen LogP contribution in [0.1, 0.15) is 18.4 Å². The molecule has 4 heterocycles. The van der Waals surface area contributed by atoms with Gasteiger partial charge in [0.15, 0.2) is 0 Å². The minimum Gasteiger partial charge on any atom is -0.347 e. The summed E-state index contributed by atoms with van der Waals surface area (Å²) in [6.07, 6.45) is 4.59. The van der Waals surface area contributed by atoms with Crippen molar-refractivity contribution in [3.63, 3.8) is 0 Å². The summed E-state index contributed by atoms with van der Waals surface area (Å²) in [5.41, 5.74) is 3.42. The van der Waals surface area contributed by atoms with Crippen molar-refractivity contribution in [2.45, 2.75) is 19.8 Å². The van der Waals surface area contributed by atoms with Crippen LogP contribution in [0.2, 0.25) is 0 Å². The number of anilines is 1. The molecular formula is C22H30N6S. The lowest BCUT2D eigenvalue weighted by atomic mass is 9.96. The maximum Gasteiger partial charge on any atom is 0.214 e. The average Bonchev–Trinajstić information content (AvgIpc) is 3.30. The number of hydrogen-bond acceptors (Lipinski definition) is 6. The van der Waals surface area contributed by atoms with Gasteiger partial charge in [-0.25, -0.2) is 9.50 Å². The van der Waals surface area contributed by atoms with Gasteiger partial charge in [0.1, 0.15) is 0 Å². The quantitative estimate of drug-likeness (QED) is 0.660. The number of hydrogen-bond donors (Lipinski definition) is 0. The minimum atomic E-state index is 0.826. The van der Waals surface area contributed by atoms with E-state index < -0.39 is 0 Å². The monoisotopic (exact) mass is 410 g/mol. The highest BCUT2D eigenvalue weighted by Gasteiger charge is 2.25. The number of aromatic nitrogens is 3. The first-order valence-corrected chi connectivity index (χ1v) is 11.5. The van der Waals surface area contributed by atoms with Crippen LogP contribution in [-0.4, -0.2) is 77.3 Å². The number of piperazine rings is 1. The van der Waals surface area contributed by atoms with Crippen LogP contribution in [0, 0.1) is 12.8 Å². The summed E-state index contributed by atoms with van der Waals surface area (Å²) in [4.78, 5) is 13.3. The lowest BCUT2D eigenvalue weighted by Crippen LogP contribution is -2.47. The summed E-state index contributed by atoms with van der Waals surface area (Å²) >= 11 is 1.71. The molecule has 2 aliphatic heterocycles. The summed E-state index contributed by atoms with van der Waals surface area (Å²) < 4.78 is 1.95.